The van der Waals surface area contributed by atoms with Crippen molar-refractivity contribution in [2.75, 3.05) is 13.6 Å². The molecule has 0 unspecified atom stereocenters. The molecule has 1 aromatic carbocycles. The minimum Gasteiger partial charge on any atom is -0.328 e. The van der Waals surface area contributed by atoms with Crippen LogP contribution in [-0.2, 0) is 6.54 Å². The Balaban J connectivity index is 1.76. The first-order chi connectivity index (χ1) is 8.24. The summed E-state index contributed by atoms with van der Waals surface area (Å²) in [5.74, 6) is 0.850. The van der Waals surface area contributed by atoms with E-state index in [1.165, 1.54) is 37.8 Å². The van der Waals surface area contributed by atoms with E-state index in [4.69, 9.17) is 5.73 Å². The highest BCUT2D eigenvalue weighted by atomic mass is 15.1. The van der Waals surface area contributed by atoms with Gasteiger partial charge in [-0.05, 0) is 44.2 Å². The van der Waals surface area contributed by atoms with Crippen molar-refractivity contribution in [1.29, 1.82) is 0 Å². The molecule has 1 saturated carbocycles. The first-order valence-corrected chi connectivity index (χ1v) is 6.72. The lowest BCUT2D eigenvalue weighted by atomic mass is 9.86. The fourth-order valence-electron chi connectivity index (χ4n) is 2.77. The predicted molar refractivity (Wildman–Crippen MR) is 72.7 cm³/mol. The van der Waals surface area contributed by atoms with Gasteiger partial charge in [0.05, 0.1) is 0 Å². The van der Waals surface area contributed by atoms with E-state index in [0.717, 1.165) is 12.5 Å². The Bertz CT molecular complexity index is 315. The van der Waals surface area contributed by atoms with E-state index in [-0.39, 0.29) is 0 Å². The molecule has 2 heteroatoms. The standard InChI is InChI=1S/C15H24N2/c1-17(11-13-5-3-2-4-6-13)12-14-7-9-15(16)10-8-14/h2-6,14-15H,7-12,16H2,1H3. The molecule has 17 heavy (non-hydrogen) atoms. The summed E-state index contributed by atoms with van der Waals surface area (Å²) in [7, 11) is 2.22. The Morgan fingerprint density at radius 2 is 1.76 bits per heavy atom. The Morgan fingerprint density at radius 1 is 1.12 bits per heavy atom. The summed E-state index contributed by atoms with van der Waals surface area (Å²) in [6.07, 6.45) is 5.04. The fourth-order valence-corrected chi connectivity index (χ4v) is 2.77. The fraction of sp³-hybridized carbons (Fsp3) is 0.600. The van der Waals surface area contributed by atoms with Crippen LogP contribution in [0.25, 0.3) is 0 Å². The molecule has 0 heterocycles. The Hall–Kier alpha value is -0.860. The van der Waals surface area contributed by atoms with Crippen LogP contribution in [0, 0.1) is 5.92 Å². The summed E-state index contributed by atoms with van der Waals surface area (Å²) in [6.45, 7) is 2.27. The molecule has 0 aromatic heterocycles. The van der Waals surface area contributed by atoms with Gasteiger partial charge in [0.25, 0.3) is 0 Å². The third-order valence-electron chi connectivity index (χ3n) is 3.76. The zero-order valence-electron chi connectivity index (χ0n) is 10.8. The maximum absolute atomic E-state index is 5.94. The van der Waals surface area contributed by atoms with E-state index in [9.17, 15) is 0 Å². The van der Waals surface area contributed by atoms with Crippen LogP contribution in [0.2, 0.25) is 0 Å². The molecular weight excluding hydrogens is 208 g/mol. The van der Waals surface area contributed by atoms with E-state index >= 15 is 0 Å². The number of nitrogens with zero attached hydrogens (tertiary/aromatic N) is 1. The molecule has 0 amide bonds. The van der Waals surface area contributed by atoms with Gasteiger partial charge in [-0.2, -0.15) is 0 Å². The molecule has 2 nitrogen and oxygen atoms in total. The quantitative estimate of drug-likeness (QED) is 0.864. The van der Waals surface area contributed by atoms with Gasteiger partial charge in [0, 0.05) is 19.1 Å². The Morgan fingerprint density at radius 3 is 2.41 bits per heavy atom. The second kappa shape index (κ2) is 6.18. The number of hydrogen-bond acceptors (Lipinski definition) is 2. The summed E-state index contributed by atoms with van der Waals surface area (Å²) in [4.78, 5) is 2.44. The van der Waals surface area contributed by atoms with Gasteiger partial charge >= 0.3 is 0 Å². The highest BCUT2D eigenvalue weighted by molar-refractivity contribution is 5.14. The normalized spacial score (nSPS) is 25.1. The molecule has 0 aliphatic heterocycles. The van der Waals surface area contributed by atoms with Crippen LogP contribution < -0.4 is 5.73 Å². The van der Waals surface area contributed by atoms with Crippen molar-refractivity contribution >= 4 is 0 Å². The van der Waals surface area contributed by atoms with Gasteiger partial charge in [-0.3, -0.25) is 0 Å². The molecule has 2 N–H and O–H groups in total. The lowest BCUT2D eigenvalue weighted by molar-refractivity contribution is 0.219. The molecule has 0 radical (unpaired) electrons. The smallest absolute Gasteiger partial charge is 0.0230 e. The van der Waals surface area contributed by atoms with Gasteiger partial charge in [0.1, 0.15) is 0 Å². The van der Waals surface area contributed by atoms with E-state index in [0.29, 0.717) is 6.04 Å². The molecule has 94 valence electrons. The van der Waals surface area contributed by atoms with E-state index in [1.54, 1.807) is 0 Å². The van der Waals surface area contributed by atoms with Crippen molar-refractivity contribution in [3.63, 3.8) is 0 Å². The monoisotopic (exact) mass is 232 g/mol. The molecule has 0 atom stereocenters. The molecular formula is C15H24N2. The van der Waals surface area contributed by atoms with Crippen molar-refractivity contribution in [2.24, 2.45) is 11.7 Å². The number of hydrogen-bond donors (Lipinski definition) is 1. The van der Waals surface area contributed by atoms with Crippen molar-refractivity contribution < 1.29 is 0 Å². The summed E-state index contributed by atoms with van der Waals surface area (Å²) in [6, 6.07) is 11.2. The first-order valence-electron chi connectivity index (χ1n) is 6.72. The molecule has 1 fully saturated rings. The van der Waals surface area contributed by atoms with Crippen LogP contribution >= 0.6 is 0 Å². The van der Waals surface area contributed by atoms with Gasteiger partial charge in [-0.1, -0.05) is 30.3 Å². The number of nitrogens with two attached hydrogens (primary N) is 1. The zero-order chi connectivity index (χ0) is 12.1. The van der Waals surface area contributed by atoms with Crippen LogP contribution in [0.4, 0.5) is 0 Å². The third-order valence-corrected chi connectivity index (χ3v) is 3.76. The van der Waals surface area contributed by atoms with Gasteiger partial charge in [0.15, 0.2) is 0 Å². The van der Waals surface area contributed by atoms with Crippen molar-refractivity contribution in [3.05, 3.63) is 35.9 Å². The molecule has 0 bridgehead atoms. The summed E-state index contributed by atoms with van der Waals surface area (Å²) < 4.78 is 0. The lowest BCUT2D eigenvalue weighted by Gasteiger charge is -2.29. The Kier molecular flexibility index (Phi) is 4.57. The van der Waals surface area contributed by atoms with Crippen LogP contribution in [0.3, 0.4) is 0 Å². The average Bonchev–Trinajstić information content (AvgIpc) is 2.33. The van der Waals surface area contributed by atoms with Crippen LogP contribution in [0.1, 0.15) is 31.2 Å². The SMILES string of the molecule is CN(Cc1ccccc1)CC1CCC(N)CC1. The first kappa shape index (κ1) is 12.6. The van der Waals surface area contributed by atoms with E-state index < -0.39 is 0 Å². The van der Waals surface area contributed by atoms with Crippen molar-refractivity contribution in [3.8, 4) is 0 Å². The zero-order valence-corrected chi connectivity index (χ0v) is 10.8. The van der Waals surface area contributed by atoms with Crippen molar-refractivity contribution in [1.82, 2.24) is 4.90 Å². The van der Waals surface area contributed by atoms with E-state index in [2.05, 4.69) is 42.3 Å². The topological polar surface area (TPSA) is 29.3 Å². The average molecular weight is 232 g/mol. The maximum atomic E-state index is 5.94. The molecule has 1 aliphatic carbocycles. The van der Waals surface area contributed by atoms with Gasteiger partial charge in [-0.25, -0.2) is 0 Å². The van der Waals surface area contributed by atoms with E-state index in [1.807, 2.05) is 0 Å². The second-order valence-electron chi connectivity index (χ2n) is 5.46. The van der Waals surface area contributed by atoms with Crippen LogP contribution in [0.15, 0.2) is 30.3 Å². The molecule has 1 aliphatic rings. The summed E-state index contributed by atoms with van der Waals surface area (Å²) in [5, 5.41) is 0. The minimum atomic E-state index is 0.464. The highest BCUT2D eigenvalue weighted by Crippen LogP contribution is 2.24. The summed E-state index contributed by atoms with van der Waals surface area (Å²) in [5.41, 5.74) is 7.34. The predicted octanol–water partition coefficient (Wildman–Crippen LogP) is 2.64. The maximum Gasteiger partial charge on any atom is 0.0230 e. The molecule has 1 aromatic rings. The van der Waals surface area contributed by atoms with Crippen LogP contribution in [0.5, 0.6) is 0 Å². The third kappa shape index (κ3) is 4.14. The van der Waals surface area contributed by atoms with Gasteiger partial charge < -0.3 is 10.6 Å². The van der Waals surface area contributed by atoms with Gasteiger partial charge in [0.2, 0.25) is 0 Å². The van der Waals surface area contributed by atoms with Crippen molar-refractivity contribution in [2.45, 2.75) is 38.3 Å². The largest absolute Gasteiger partial charge is 0.328 e. The number of rotatable bonds is 4. The molecule has 0 saturated heterocycles. The molecule has 0 spiro atoms. The van der Waals surface area contributed by atoms with Crippen LogP contribution in [-0.4, -0.2) is 24.5 Å². The molecule has 2 rings (SSSR count). The lowest BCUT2D eigenvalue weighted by Crippen LogP contribution is -2.32. The minimum absolute atomic E-state index is 0.464. The van der Waals surface area contributed by atoms with Gasteiger partial charge in [-0.15, -0.1) is 0 Å². The number of benzene rings is 1. The second-order valence-corrected chi connectivity index (χ2v) is 5.46. The Labute approximate surface area is 105 Å². The summed E-state index contributed by atoms with van der Waals surface area (Å²) >= 11 is 0. The highest BCUT2D eigenvalue weighted by Gasteiger charge is 2.19.